The molecule has 0 radical (unpaired) electrons. The van der Waals surface area contributed by atoms with E-state index in [2.05, 4.69) is 10.4 Å². The van der Waals surface area contributed by atoms with Crippen molar-refractivity contribution in [1.29, 1.82) is 0 Å². The van der Waals surface area contributed by atoms with Gasteiger partial charge in [-0.3, -0.25) is 9.59 Å². The van der Waals surface area contributed by atoms with Gasteiger partial charge in [-0.25, -0.2) is 9.07 Å². The van der Waals surface area contributed by atoms with E-state index < -0.39 is 0 Å². The molecule has 2 amide bonds. The minimum atomic E-state index is -0.329. The minimum Gasteiger partial charge on any atom is -0.339 e. The van der Waals surface area contributed by atoms with Gasteiger partial charge in [0.15, 0.2) is 0 Å². The van der Waals surface area contributed by atoms with Crippen molar-refractivity contribution in [3.63, 3.8) is 0 Å². The van der Waals surface area contributed by atoms with Crippen LogP contribution in [0.2, 0.25) is 0 Å². The molecule has 0 fully saturated rings. The first-order valence-corrected chi connectivity index (χ1v) is 9.78. The number of benzene rings is 2. The number of aryl methyl sites for hydroxylation is 1. The third kappa shape index (κ3) is 4.56. The molecule has 6 nitrogen and oxygen atoms in total. The lowest BCUT2D eigenvalue weighted by atomic mass is 10.1. The smallest absolute Gasteiger partial charge is 0.259 e. The highest BCUT2D eigenvalue weighted by Crippen LogP contribution is 2.21. The lowest BCUT2D eigenvalue weighted by molar-refractivity contribution is -0.129. The van der Waals surface area contributed by atoms with E-state index in [-0.39, 0.29) is 17.6 Å². The Balaban J connectivity index is 1.82. The summed E-state index contributed by atoms with van der Waals surface area (Å²) in [5.41, 5.74) is 3.98. The van der Waals surface area contributed by atoms with E-state index in [9.17, 15) is 14.0 Å². The highest BCUT2D eigenvalue weighted by Gasteiger charge is 2.20. The average molecular weight is 408 g/mol. The molecule has 0 aliphatic rings. The summed E-state index contributed by atoms with van der Waals surface area (Å²) in [4.78, 5) is 26.4. The molecule has 0 aliphatic heterocycles. The largest absolute Gasteiger partial charge is 0.339 e. The topological polar surface area (TPSA) is 67.2 Å². The molecule has 1 aromatic heterocycles. The standard InChI is InChI=1S/C23H25FN4O2/c1-5-27(17(4)29)14-18-7-6-8-20(13-18)25-23(30)22-15(2)26-28(16(22)3)21-11-9-19(24)10-12-21/h6-13H,5,14H2,1-4H3,(H,25,30). The summed E-state index contributed by atoms with van der Waals surface area (Å²) in [5, 5.41) is 7.37. The average Bonchev–Trinajstić information content (AvgIpc) is 3.01. The van der Waals surface area contributed by atoms with Crippen LogP contribution in [0.25, 0.3) is 5.69 Å². The molecule has 30 heavy (non-hydrogen) atoms. The SMILES string of the molecule is CCN(Cc1cccc(NC(=O)c2c(C)nn(-c3ccc(F)cc3)c2C)c1)C(C)=O. The van der Waals surface area contributed by atoms with Gasteiger partial charge in [0.1, 0.15) is 5.82 Å². The van der Waals surface area contributed by atoms with Gasteiger partial charge >= 0.3 is 0 Å². The molecule has 0 saturated heterocycles. The molecule has 3 rings (SSSR count). The van der Waals surface area contributed by atoms with Crippen molar-refractivity contribution >= 4 is 17.5 Å². The Hall–Kier alpha value is -3.48. The molecule has 7 heteroatoms. The fraction of sp³-hybridized carbons (Fsp3) is 0.261. The molecule has 1 N–H and O–H groups in total. The third-order valence-corrected chi connectivity index (χ3v) is 4.97. The van der Waals surface area contributed by atoms with E-state index in [0.29, 0.717) is 41.4 Å². The predicted octanol–water partition coefficient (Wildman–Crippen LogP) is 4.25. The molecular formula is C23H25FN4O2. The van der Waals surface area contributed by atoms with E-state index in [0.717, 1.165) is 5.56 Å². The maximum absolute atomic E-state index is 13.2. The lowest BCUT2D eigenvalue weighted by Crippen LogP contribution is -2.27. The van der Waals surface area contributed by atoms with Gasteiger partial charge in [-0.1, -0.05) is 12.1 Å². The number of carbonyl (C=O) groups excluding carboxylic acids is 2. The minimum absolute atomic E-state index is 0.00592. The van der Waals surface area contributed by atoms with E-state index >= 15 is 0 Å². The molecule has 156 valence electrons. The molecule has 0 saturated carbocycles. The van der Waals surface area contributed by atoms with Crippen LogP contribution in [0.3, 0.4) is 0 Å². The maximum atomic E-state index is 13.2. The number of amides is 2. The molecule has 0 bridgehead atoms. The van der Waals surface area contributed by atoms with E-state index in [1.807, 2.05) is 25.1 Å². The number of nitrogens with one attached hydrogen (secondary N) is 1. The number of carbonyl (C=O) groups is 2. The van der Waals surface area contributed by atoms with Gasteiger partial charge in [-0.15, -0.1) is 0 Å². The molecule has 3 aromatic rings. The number of nitrogens with zero attached hydrogens (tertiary/aromatic N) is 3. The van der Waals surface area contributed by atoms with E-state index in [4.69, 9.17) is 0 Å². The van der Waals surface area contributed by atoms with Crippen LogP contribution in [0.1, 0.15) is 41.2 Å². The zero-order valence-corrected chi connectivity index (χ0v) is 17.6. The monoisotopic (exact) mass is 408 g/mol. The van der Waals surface area contributed by atoms with Crippen LogP contribution in [0, 0.1) is 19.7 Å². The quantitative estimate of drug-likeness (QED) is 0.663. The number of hydrogen-bond donors (Lipinski definition) is 1. The van der Waals surface area contributed by atoms with Gasteiger partial charge < -0.3 is 10.2 Å². The highest BCUT2D eigenvalue weighted by molar-refractivity contribution is 6.06. The van der Waals surface area contributed by atoms with Crippen LogP contribution < -0.4 is 5.32 Å². The molecule has 1 heterocycles. The van der Waals surface area contributed by atoms with Crippen LogP contribution in [0.4, 0.5) is 10.1 Å². The second-order valence-corrected chi connectivity index (χ2v) is 7.12. The Morgan fingerprint density at radius 2 is 1.83 bits per heavy atom. The Bertz CT molecular complexity index is 1070. The van der Waals surface area contributed by atoms with Crippen molar-refractivity contribution < 1.29 is 14.0 Å². The summed E-state index contributed by atoms with van der Waals surface area (Å²) < 4.78 is 14.9. The zero-order valence-electron chi connectivity index (χ0n) is 17.6. The fourth-order valence-electron chi connectivity index (χ4n) is 3.41. The summed E-state index contributed by atoms with van der Waals surface area (Å²) in [5.74, 6) is -0.592. The van der Waals surface area contributed by atoms with Gasteiger partial charge in [0.2, 0.25) is 5.91 Å². The number of anilines is 1. The summed E-state index contributed by atoms with van der Waals surface area (Å²) in [7, 11) is 0. The van der Waals surface area contributed by atoms with Gasteiger partial charge in [0.25, 0.3) is 5.91 Å². The Kier molecular flexibility index (Phi) is 6.30. The molecular weight excluding hydrogens is 383 g/mol. The number of aromatic nitrogens is 2. The van der Waals surface area contributed by atoms with Gasteiger partial charge in [-0.05, 0) is 62.7 Å². The van der Waals surface area contributed by atoms with Crippen LogP contribution in [0.5, 0.6) is 0 Å². The number of halogens is 1. The Morgan fingerprint density at radius 3 is 2.47 bits per heavy atom. The second-order valence-electron chi connectivity index (χ2n) is 7.12. The van der Waals surface area contributed by atoms with Crippen LogP contribution in [-0.2, 0) is 11.3 Å². The van der Waals surface area contributed by atoms with Crippen molar-refractivity contribution in [2.75, 3.05) is 11.9 Å². The summed E-state index contributed by atoms with van der Waals surface area (Å²) in [6.07, 6.45) is 0. The van der Waals surface area contributed by atoms with Crippen molar-refractivity contribution in [3.8, 4) is 5.69 Å². The van der Waals surface area contributed by atoms with Gasteiger partial charge in [0, 0.05) is 25.7 Å². The number of hydrogen-bond acceptors (Lipinski definition) is 3. The Labute approximate surface area is 175 Å². The number of rotatable bonds is 6. The first kappa shape index (κ1) is 21.2. The van der Waals surface area contributed by atoms with Crippen molar-refractivity contribution in [3.05, 3.63) is 76.9 Å². The van der Waals surface area contributed by atoms with Crippen molar-refractivity contribution in [1.82, 2.24) is 14.7 Å². The maximum Gasteiger partial charge on any atom is 0.259 e. The first-order chi connectivity index (χ1) is 14.3. The van der Waals surface area contributed by atoms with Crippen molar-refractivity contribution in [2.45, 2.75) is 34.2 Å². The summed E-state index contributed by atoms with van der Waals surface area (Å²) >= 11 is 0. The summed E-state index contributed by atoms with van der Waals surface area (Å²) in [6, 6.07) is 13.4. The van der Waals surface area contributed by atoms with Crippen molar-refractivity contribution in [2.24, 2.45) is 0 Å². The van der Waals surface area contributed by atoms with Gasteiger partial charge in [-0.2, -0.15) is 5.10 Å². The summed E-state index contributed by atoms with van der Waals surface area (Å²) in [6.45, 7) is 8.14. The van der Waals surface area contributed by atoms with E-state index in [1.54, 1.807) is 48.6 Å². The van der Waals surface area contributed by atoms with Crippen LogP contribution in [0.15, 0.2) is 48.5 Å². The van der Waals surface area contributed by atoms with Crippen LogP contribution >= 0.6 is 0 Å². The molecule has 0 atom stereocenters. The highest BCUT2D eigenvalue weighted by atomic mass is 19.1. The Morgan fingerprint density at radius 1 is 1.13 bits per heavy atom. The first-order valence-electron chi connectivity index (χ1n) is 9.78. The third-order valence-electron chi connectivity index (χ3n) is 4.97. The van der Waals surface area contributed by atoms with Gasteiger partial charge in [0.05, 0.1) is 22.6 Å². The zero-order chi connectivity index (χ0) is 21.8. The molecule has 0 spiro atoms. The lowest BCUT2D eigenvalue weighted by Gasteiger charge is -2.19. The normalized spacial score (nSPS) is 10.7. The molecule has 0 unspecified atom stereocenters. The van der Waals surface area contributed by atoms with E-state index in [1.165, 1.54) is 12.1 Å². The second kappa shape index (κ2) is 8.90. The fourth-order valence-corrected chi connectivity index (χ4v) is 3.41. The molecule has 2 aromatic carbocycles. The molecule has 0 aliphatic carbocycles. The predicted molar refractivity (Wildman–Crippen MR) is 114 cm³/mol. The van der Waals surface area contributed by atoms with Crippen LogP contribution in [-0.4, -0.2) is 33.0 Å².